The van der Waals surface area contributed by atoms with Gasteiger partial charge in [0.05, 0.1) is 12.2 Å². The van der Waals surface area contributed by atoms with Gasteiger partial charge in [0.1, 0.15) is 18.2 Å². The van der Waals surface area contributed by atoms with E-state index in [4.69, 9.17) is 9.47 Å². The molecule has 0 unspecified atom stereocenters. The van der Waals surface area contributed by atoms with Crippen LogP contribution in [0.15, 0.2) is 24.3 Å². The third-order valence-corrected chi connectivity index (χ3v) is 2.99. The molecular weight excluding hydrogens is 233 g/mol. The molecule has 4 heteroatoms. The SMILES string of the molecule is C[C@@H]1CN(CCOc2ccc(F)cc2)C[C@H](C)O1. The lowest BCUT2D eigenvalue weighted by atomic mass is 10.2. The van der Waals surface area contributed by atoms with Crippen molar-refractivity contribution in [3.05, 3.63) is 30.1 Å². The van der Waals surface area contributed by atoms with Crippen LogP contribution in [0.5, 0.6) is 5.75 Å². The van der Waals surface area contributed by atoms with Gasteiger partial charge in [-0.25, -0.2) is 4.39 Å². The maximum absolute atomic E-state index is 12.7. The number of benzene rings is 1. The highest BCUT2D eigenvalue weighted by atomic mass is 19.1. The molecular formula is C14H20FNO2. The van der Waals surface area contributed by atoms with Gasteiger partial charge in [-0.2, -0.15) is 0 Å². The first kappa shape index (κ1) is 13.3. The second-order valence-electron chi connectivity index (χ2n) is 4.82. The second-order valence-corrected chi connectivity index (χ2v) is 4.82. The van der Waals surface area contributed by atoms with Gasteiger partial charge in [0, 0.05) is 19.6 Å². The monoisotopic (exact) mass is 253 g/mol. The van der Waals surface area contributed by atoms with E-state index in [9.17, 15) is 4.39 Å². The summed E-state index contributed by atoms with van der Waals surface area (Å²) in [6.07, 6.45) is 0.555. The summed E-state index contributed by atoms with van der Waals surface area (Å²) in [6.45, 7) is 7.54. The number of morpholine rings is 1. The largest absolute Gasteiger partial charge is 0.492 e. The van der Waals surface area contributed by atoms with E-state index in [1.54, 1.807) is 12.1 Å². The van der Waals surface area contributed by atoms with Gasteiger partial charge in [-0.1, -0.05) is 0 Å². The molecule has 0 aromatic heterocycles. The quantitative estimate of drug-likeness (QED) is 0.822. The van der Waals surface area contributed by atoms with Crippen LogP contribution >= 0.6 is 0 Å². The normalized spacial score (nSPS) is 25.1. The van der Waals surface area contributed by atoms with Crippen LogP contribution in [0.2, 0.25) is 0 Å². The van der Waals surface area contributed by atoms with Crippen LogP contribution in [-0.2, 0) is 4.74 Å². The fourth-order valence-corrected chi connectivity index (χ4v) is 2.29. The van der Waals surface area contributed by atoms with Crippen LogP contribution in [-0.4, -0.2) is 43.3 Å². The Hall–Kier alpha value is -1.13. The smallest absolute Gasteiger partial charge is 0.123 e. The molecule has 1 heterocycles. The summed E-state index contributed by atoms with van der Waals surface area (Å²) in [5, 5.41) is 0. The average molecular weight is 253 g/mol. The number of hydrogen-bond acceptors (Lipinski definition) is 3. The van der Waals surface area contributed by atoms with E-state index in [0.29, 0.717) is 12.4 Å². The number of ether oxygens (including phenoxy) is 2. The molecule has 0 aliphatic carbocycles. The number of rotatable bonds is 4. The molecule has 0 bridgehead atoms. The van der Waals surface area contributed by atoms with Gasteiger partial charge < -0.3 is 9.47 Å². The molecule has 1 saturated heterocycles. The third kappa shape index (κ3) is 3.96. The fourth-order valence-electron chi connectivity index (χ4n) is 2.29. The lowest BCUT2D eigenvalue weighted by molar-refractivity contribution is -0.0699. The molecule has 0 amide bonds. The van der Waals surface area contributed by atoms with Crippen LogP contribution < -0.4 is 4.74 Å². The van der Waals surface area contributed by atoms with E-state index < -0.39 is 0 Å². The van der Waals surface area contributed by atoms with Crippen molar-refractivity contribution in [3.63, 3.8) is 0 Å². The number of hydrogen-bond donors (Lipinski definition) is 0. The lowest BCUT2D eigenvalue weighted by Crippen LogP contribution is -2.46. The molecule has 100 valence electrons. The Balaban J connectivity index is 1.73. The van der Waals surface area contributed by atoms with E-state index >= 15 is 0 Å². The highest BCUT2D eigenvalue weighted by molar-refractivity contribution is 5.21. The van der Waals surface area contributed by atoms with Gasteiger partial charge in [-0.3, -0.25) is 4.90 Å². The van der Waals surface area contributed by atoms with Crippen molar-refractivity contribution in [2.45, 2.75) is 26.1 Å². The van der Waals surface area contributed by atoms with Crippen LogP contribution in [0.25, 0.3) is 0 Å². The van der Waals surface area contributed by atoms with Crippen LogP contribution in [0.4, 0.5) is 4.39 Å². The molecule has 1 aromatic rings. The topological polar surface area (TPSA) is 21.7 Å². The first-order valence-corrected chi connectivity index (χ1v) is 6.39. The third-order valence-electron chi connectivity index (χ3n) is 2.99. The Kier molecular flexibility index (Phi) is 4.55. The summed E-state index contributed by atoms with van der Waals surface area (Å²) in [6, 6.07) is 6.13. The minimum absolute atomic E-state index is 0.238. The Morgan fingerprint density at radius 2 is 1.83 bits per heavy atom. The summed E-state index contributed by atoms with van der Waals surface area (Å²) >= 11 is 0. The van der Waals surface area contributed by atoms with Gasteiger partial charge in [0.25, 0.3) is 0 Å². The molecule has 3 nitrogen and oxygen atoms in total. The molecule has 2 atom stereocenters. The maximum Gasteiger partial charge on any atom is 0.123 e. The Morgan fingerprint density at radius 1 is 1.22 bits per heavy atom. The van der Waals surface area contributed by atoms with Crippen molar-refractivity contribution in [2.24, 2.45) is 0 Å². The van der Waals surface area contributed by atoms with E-state index in [-0.39, 0.29) is 18.0 Å². The van der Waals surface area contributed by atoms with Crippen molar-refractivity contribution < 1.29 is 13.9 Å². The Bertz CT molecular complexity index is 359. The van der Waals surface area contributed by atoms with Gasteiger partial charge in [0.2, 0.25) is 0 Å². The van der Waals surface area contributed by atoms with E-state index in [2.05, 4.69) is 18.7 Å². The minimum Gasteiger partial charge on any atom is -0.492 e. The van der Waals surface area contributed by atoms with Gasteiger partial charge in [-0.05, 0) is 38.1 Å². The molecule has 1 fully saturated rings. The molecule has 0 radical (unpaired) electrons. The van der Waals surface area contributed by atoms with E-state index in [1.807, 2.05) is 0 Å². The van der Waals surface area contributed by atoms with E-state index in [1.165, 1.54) is 12.1 Å². The first-order valence-electron chi connectivity index (χ1n) is 6.39. The van der Waals surface area contributed by atoms with Gasteiger partial charge in [0.15, 0.2) is 0 Å². The zero-order valence-corrected chi connectivity index (χ0v) is 10.9. The zero-order valence-electron chi connectivity index (χ0n) is 10.9. The summed E-state index contributed by atoms with van der Waals surface area (Å²) < 4.78 is 24.0. The first-order chi connectivity index (χ1) is 8.63. The van der Waals surface area contributed by atoms with Crippen LogP contribution in [0, 0.1) is 5.82 Å². The molecule has 1 aromatic carbocycles. The van der Waals surface area contributed by atoms with Crippen LogP contribution in [0.1, 0.15) is 13.8 Å². The number of nitrogens with zero attached hydrogens (tertiary/aromatic N) is 1. The van der Waals surface area contributed by atoms with Crippen molar-refractivity contribution in [3.8, 4) is 5.75 Å². The van der Waals surface area contributed by atoms with Gasteiger partial charge in [-0.15, -0.1) is 0 Å². The Labute approximate surface area is 107 Å². The van der Waals surface area contributed by atoms with Crippen LogP contribution in [0.3, 0.4) is 0 Å². The Morgan fingerprint density at radius 3 is 2.44 bits per heavy atom. The highest BCUT2D eigenvalue weighted by Crippen LogP contribution is 2.12. The molecule has 0 spiro atoms. The van der Waals surface area contributed by atoms with Crippen molar-refractivity contribution in [2.75, 3.05) is 26.2 Å². The average Bonchev–Trinajstić information content (AvgIpc) is 2.30. The standard InChI is InChI=1S/C14H20FNO2/c1-11-9-16(10-12(2)18-11)7-8-17-14-5-3-13(15)4-6-14/h3-6,11-12H,7-10H2,1-2H3/t11-,12+. The molecule has 18 heavy (non-hydrogen) atoms. The molecule has 2 rings (SSSR count). The summed E-state index contributed by atoms with van der Waals surface area (Å²) in [4.78, 5) is 2.34. The predicted octanol–water partition coefficient (Wildman–Crippen LogP) is 2.31. The summed E-state index contributed by atoms with van der Waals surface area (Å²) in [5.74, 6) is 0.476. The zero-order chi connectivity index (χ0) is 13.0. The minimum atomic E-state index is -0.238. The predicted molar refractivity (Wildman–Crippen MR) is 68.3 cm³/mol. The second kappa shape index (κ2) is 6.16. The van der Waals surface area contributed by atoms with Crippen molar-refractivity contribution >= 4 is 0 Å². The molecule has 1 aliphatic heterocycles. The molecule has 1 aliphatic rings. The van der Waals surface area contributed by atoms with E-state index in [0.717, 1.165) is 19.6 Å². The summed E-state index contributed by atoms with van der Waals surface area (Å²) in [7, 11) is 0. The van der Waals surface area contributed by atoms with Crippen molar-refractivity contribution in [1.82, 2.24) is 4.90 Å². The molecule has 0 saturated carbocycles. The molecule has 0 N–H and O–H groups in total. The van der Waals surface area contributed by atoms with Gasteiger partial charge >= 0.3 is 0 Å². The fraction of sp³-hybridized carbons (Fsp3) is 0.571. The van der Waals surface area contributed by atoms with Crippen molar-refractivity contribution in [1.29, 1.82) is 0 Å². The lowest BCUT2D eigenvalue weighted by Gasteiger charge is -2.35. The summed E-state index contributed by atoms with van der Waals surface area (Å²) in [5.41, 5.74) is 0. The maximum atomic E-state index is 12.7. The number of halogens is 1. The highest BCUT2D eigenvalue weighted by Gasteiger charge is 2.21.